The molecule has 2 aromatic heterocycles. The van der Waals surface area contributed by atoms with E-state index in [2.05, 4.69) is 11.6 Å². The number of thiazole rings is 1. The molecule has 1 amide bonds. The van der Waals surface area contributed by atoms with Gasteiger partial charge in [0.25, 0.3) is 5.69 Å². The van der Waals surface area contributed by atoms with Crippen molar-refractivity contribution in [3.05, 3.63) is 69.9 Å². The molecule has 0 aliphatic heterocycles. The highest BCUT2D eigenvalue weighted by molar-refractivity contribution is 7.16. The molecule has 0 saturated carbocycles. The molecule has 3 rings (SSSR count). The summed E-state index contributed by atoms with van der Waals surface area (Å²) in [6.07, 6.45) is 3.04. The van der Waals surface area contributed by atoms with Gasteiger partial charge < -0.3 is 8.98 Å². The summed E-state index contributed by atoms with van der Waals surface area (Å²) in [7, 11) is 0. The first-order chi connectivity index (χ1) is 11.1. The number of carbonyl (C=O) groups excluding carboxylic acids is 1. The third-order valence-corrected chi connectivity index (χ3v) is 4.18. The lowest BCUT2D eigenvalue weighted by molar-refractivity contribution is -0.384. The van der Waals surface area contributed by atoms with E-state index < -0.39 is 10.8 Å². The molecule has 0 radical (unpaired) electrons. The van der Waals surface area contributed by atoms with Gasteiger partial charge in [0, 0.05) is 18.7 Å². The van der Waals surface area contributed by atoms with Crippen LogP contribution in [0.2, 0.25) is 0 Å². The molecule has 116 valence electrons. The molecule has 0 N–H and O–H groups in total. The molecular formula is C15H11N3O4S. The Morgan fingerprint density at radius 3 is 2.96 bits per heavy atom. The summed E-state index contributed by atoms with van der Waals surface area (Å²) in [5.41, 5.74) is 0.618. The highest BCUT2D eigenvalue weighted by atomic mass is 32.1. The zero-order valence-corrected chi connectivity index (χ0v) is 12.7. The summed E-state index contributed by atoms with van der Waals surface area (Å²) in [4.78, 5) is 27.1. The quantitative estimate of drug-likeness (QED) is 0.418. The van der Waals surface area contributed by atoms with Crippen LogP contribution in [0.5, 0.6) is 0 Å². The largest absolute Gasteiger partial charge is 0.459 e. The number of benzene rings is 1. The van der Waals surface area contributed by atoms with Crippen LogP contribution in [0.3, 0.4) is 0 Å². The van der Waals surface area contributed by atoms with Gasteiger partial charge in [-0.3, -0.25) is 14.9 Å². The summed E-state index contributed by atoms with van der Waals surface area (Å²) in [6, 6.07) is 7.67. The van der Waals surface area contributed by atoms with Gasteiger partial charge in [0.2, 0.25) is 0 Å². The van der Waals surface area contributed by atoms with E-state index >= 15 is 0 Å². The molecule has 0 fully saturated rings. The minimum Gasteiger partial charge on any atom is -0.459 e. The molecule has 1 aromatic carbocycles. The lowest BCUT2D eigenvalue weighted by Gasteiger charge is -2.00. The fourth-order valence-electron chi connectivity index (χ4n) is 2.10. The van der Waals surface area contributed by atoms with Crippen molar-refractivity contribution in [1.82, 2.24) is 4.57 Å². The third kappa shape index (κ3) is 2.84. The molecule has 0 unspecified atom stereocenters. The zero-order valence-electron chi connectivity index (χ0n) is 11.8. The van der Waals surface area contributed by atoms with Crippen molar-refractivity contribution in [1.29, 1.82) is 0 Å². The molecule has 7 nitrogen and oxygen atoms in total. The molecule has 2 heterocycles. The maximum Gasteiger partial charge on any atom is 0.315 e. The van der Waals surface area contributed by atoms with Gasteiger partial charge in [0.05, 0.1) is 21.4 Å². The lowest BCUT2D eigenvalue weighted by atomic mass is 10.3. The molecule has 0 bridgehead atoms. The molecule has 23 heavy (non-hydrogen) atoms. The van der Waals surface area contributed by atoms with Crippen LogP contribution in [0.15, 0.2) is 58.7 Å². The van der Waals surface area contributed by atoms with Crippen molar-refractivity contribution in [2.75, 3.05) is 0 Å². The van der Waals surface area contributed by atoms with Crippen molar-refractivity contribution < 1.29 is 14.1 Å². The first-order valence-corrected chi connectivity index (χ1v) is 7.43. The third-order valence-electron chi connectivity index (χ3n) is 3.12. The van der Waals surface area contributed by atoms with Gasteiger partial charge in [-0.25, -0.2) is 0 Å². The van der Waals surface area contributed by atoms with Gasteiger partial charge in [-0.15, -0.1) is 6.58 Å². The van der Waals surface area contributed by atoms with Crippen LogP contribution >= 0.6 is 11.3 Å². The molecule has 3 aromatic rings. The Morgan fingerprint density at radius 1 is 1.48 bits per heavy atom. The van der Waals surface area contributed by atoms with Crippen LogP contribution in [0.4, 0.5) is 5.69 Å². The summed E-state index contributed by atoms with van der Waals surface area (Å²) in [6.45, 7) is 4.06. The molecule has 0 aliphatic carbocycles. The Hall–Kier alpha value is -3.00. The highest BCUT2D eigenvalue weighted by Crippen LogP contribution is 2.23. The number of carbonyl (C=O) groups is 1. The van der Waals surface area contributed by atoms with Gasteiger partial charge in [-0.1, -0.05) is 17.4 Å². The first-order valence-electron chi connectivity index (χ1n) is 6.61. The van der Waals surface area contributed by atoms with Crippen molar-refractivity contribution in [3.8, 4) is 0 Å². The predicted octanol–water partition coefficient (Wildman–Crippen LogP) is 3.13. The predicted molar refractivity (Wildman–Crippen MR) is 85.3 cm³/mol. The van der Waals surface area contributed by atoms with Gasteiger partial charge in [0.15, 0.2) is 10.6 Å². The number of furan rings is 1. The topological polar surface area (TPSA) is 90.6 Å². The molecule has 0 atom stereocenters. The van der Waals surface area contributed by atoms with Crippen molar-refractivity contribution in [3.63, 3.8) is 0 Å². The number of amides is 1. The average molecular weight is 329 g/mol. The molecule has 8 heteroatoms. The van der Waals surface area contributed by atoms with E-state index in [1.54, 1.807) is 22.8 Å². The second kappa shape index (κ2) is 6.01. The number of rotatable bonds is 4. The van der Waals surface area contributed by atoms with Crippen LogP contribution in [-0.4, -0.2) is 15.4 Å². The molecule has 0 aliphatic rings. The maximum absolute atomic E-state index is 12.1. The summed E-state index contributed by atoms with van der Waals surface area (Å²) < 4.78 is 7.54. The Bertz CT molecular complexity index is 966. The van der Waals surface area contributed by atoms with E-state index in [-0.39, 0.29) is 11.4 Å². The molecule has 0 spiro atoms. The van der Waals surface area contributed by atoms with E-state index in [1.807, 2.05) is 0 Å². The number of nitrogens with zero attached hydrogens (tertiary/aromatic N) is 3. The van der Waals surface area contributed by atoms with Gasteiger partial charge in [-0.2, -0.15) is 4.99 Å². The fourth-order valence-corrected chi connectivity index (χ4v) is 3.12. The Kier molecular flexibility index (Phi) is 3.90. The van der Waals surface area contributed by atoms with E-state index in [9.17, 15) is 14.9 Å². The number of non-ortho nitro benzene ring substituents is 1. The minimum atomic E-state index is -0.506. The normalized spacial score (nSPS) is 11.7. The summed E-state index contributed by atoms with van der Waals surface area (Å²) in [5, 5.41) is 10.9. The highest BCUT2D eigenvalue weighted by Gasteiger charge is 2.13. The second-order valence-electron chi connectivity index (χ2n) is 4.59. The number of hydrogen-bond donors (Lipinski definition) is 0. The SMILES string of the molecule is C=CCn1c(=NC(=O)c2ccco2)sc2ccc([N+](=O)[O-])cc21. The molecule has 0 saturated heterocycles. The lowest BCUT2D eigenvalue weighted by Crippen LogP contribution is -2.16. The Balaban J connectivity index is 2.20. The number of nitro benzene ring substituents is 1. The number of nitro groups is 1. The van der Waals surface area contributed by atoms with Crippen molar-refractivity contribution in [2.45, 2.75) is 6.54 Å². The zero-order chi connectivity index (χ0) is 16.4. The summed E-state index contributed by atoms with van der Waals surface area (Å²) >= 11 is 1.27. The number of allylic oxidation sites excluding steroid dienone is 1. The Labute approximate surface area is 134 Å². The van der Waals surface area contributed by atoms with E-state index in [4.69, 9.17) is 4.42 Å². The van der Waals surface area contributed by atoms with Crippen LogP contribution in [0, 0.1) is 10.1 Å². The maximum atomic E-state index is 12.1. The van der Waals surface area contributed by atoms with Crippen molar-refractivity contribution >= 4 is 33.1 Å². The van der Waals surface area contributed by atoms with Crippen LogP contribution in [-0.2, 0) is 6.54 Å². The summed E-state index contributed by atoms with van der Waals surface area (Å²) in [5.74, 6) is -0.368. The van der Waals surface area contributed by atoms with Crippen LogP contribution in [0.1, 0.15) is 10.6 Å². The van der Waals surface area contributed by atoms with Crippen molar-refractivity contribution in [2.24, 2.45) is 4.99 Å². The van der Waals surface area contributed by atoms with Crippen LogP contribution in [0.25, 0.3) is 10.2 Å². The van der Waals surface area contributed by atoms with E-state index in [1.165, 1.54) is 35.8 Å². The number of hydrogen-bond acceptors (Lipinski definition) is 5. The van der Waals surface area contributed by atoms with Gasteiger partial charge in [0.1, 0.15) is 0 Å². The van der Waals surface area contributed by atoms with E-state index in [0.717, 1.165) is 4.70 Å². The number of aromatic nitrogens is 1. The fraction of sp³-hybridized carbons (Fsp3) is 0.0667. The van der Waals surface area contributed by atoms with Gasteiger partial charge >= 0.3 is 5.91 Å². The smallest absolute Gasteiger partial charge is 0.315 e. The number of fused-ring (bicyclic) bond motifs is 1. The Morgan fingerprint density at radius 2 is 2.30 bits per heavy atom. The standard InChI is InChI=1S/C15H11N3O4S/c1-2-7-17-11-9-10(18(20)21)5-6-13(11)23-15(17)16-14(19)12-4-3-8-22-12/h2-6,8-9H,1,7H2. The first kappa shape index (κ1) is 14.9. The van der Waals surface area contributed by atoms with E-state index in [0.29, 0.717) is 16.9 Å². The van der Waals surface area contributed by atoms with Gasteiger partial charge in [-0.05, 0) is 18.2 Å². The molecular weight excluding hydrogens is 318 g/mol. The second-order valence-corrected chi connectivity index (χ2v) is 5.60. The average Bonchev–Trinajstić information content (AvgIpc) is 3.16. The minimum absolute atomic E-state index is 0.0166. The van der Waals surface area contributed by atoms with Crippen LogP contribution < -0.4 is 4.80 Å². The monoisotopic (exact) mass is 329 g/mol.